The second-order valence-electron chi connectivity index (χ2n) is 10.0. The average Bonchev–Trinajstić information content (AvgIpc) is 3.65. The highest BCUT2D eigenvalue weighted by atomic mass is 32.2. The summed E-state index contributed by atoms with van der Waals surface area (Å²) in [6.45, 7) is 0.954. The summed E-state index contributed by atoms with van der Waals surface area (Å²) in [4.78, 5) is 13.7. The number of anilines is 1. The smallest absolute Gasteiger partial charge is 0.333 e. The van der Waals surface area contributed by atoms with Crippen LogP contribution in [-0.4, -0.2) is 75.1 Å². The number of halogens is 2. The number of hydrogen-bond donors (Lipinski definition) is 0. The lowest BCUT2D eigenvalue weighted by Crippen LogP contribution is -2.46. The molecule has 0 saturated carbocycles. The van der Waals surface area contributed by atoms with Crippen molar-refractivity contribution in [2.45, 2.75) is 18.0 Å². The number of hydrogen-bond acceptors (Lipinski definition) is 9. The van der Waals surface area contributed by atoms with Gasteiger partial charge in [-0.2, -0.15) is 24.2 Å². The molecule has 214 valence electrons. The molecule has 0 atom stereocenters. The second-order valence-corrected chi connectivity index (χ2v) is 12.0. The molecular weight excluding hydrogens is 564 g/mol. The van der Waals surface area contributed by atoms with Gasteiger partial charge in [-0.15, -0.1) is 0 Å². The van der Waals surface area contributed by atoms with Crippen molar-refractivity contribution in [3.05, 3.63) is 78.8 Å². The highest BCUT2D eigenvalue weighted by Crippen LogP contribution is 2.32. The van der Waals surface area contributed by atoms with Gasteiger partial charge in [-0.25, -0.2) is 22.6 Å². The summed E-state index contributed by atoms with van der Waals surface area (Å²) in [6, 6.07) is 11.2. The zero-order chi connectivity index (χ0) is 29.4. The van der Waals surface area contributed by atoms with Crippen LogP contribution in [0.15, 0.2) is 72.4 Å². The summed E-state index contributed by atoms with van der Waals surface area (Å²) < 4.78 is 51.7. The van der Waals surface area contributed by atoms with Crippen molar-refractivity contribution in [2.24, 2.45) is 0 Å². The average molecular weight is 590 g/mol. The molecule has 1 aliphatic rings. The van der Waals surface area contributed by atoms with Crippen LogP contribution in [0.25, 0.3) is 27.8 Å². The predicted octanol–water partition coefficient (Wildman–Crippen LogP) is 3.65. The number of rotatable bonds is 7. The standard InChI is InChI=1S/C28H25F2N9O2S/c1-42(40,41)24-4-3-23(32-15-24)18-36-6-8-37(9-7-36)26-5-2-19(12-33-26)25-10-20(22-14-35-39(17-22)28(29)30)16-38-27(25)21(11-31)13-34-38/h2-5,10,12-17,28H,6-9,18H2,1H3. The summed E-state index contributed by atoms with van der Waals surface area (Å²) in [5.41, 5.74) is 4.37. The molecule has 5 aromatic rings. The zero-order valence-corrected chi connectivity index (χ0v) is 23.3. The summed E-state index contributed by atoms with van der Waals surface area (Å²) >= 11 is 0. The van der Waals surface area contributed by atoms with Gasteiger partial charge in [-0.3, -0.25) is 9.88 Å². The van der Waals surface area contributed by atoms with Crippen molar-refractivity contribution >= 4 is 21.2 Å². The zero-order valence-electron chi connectivity index (χ0n) is 22.5. The third kappa shape index (κ3) is 5.44. The van der Waals surface area contributed by atoms with Gasteiger partial charge in [0, 0.05) is 86.0 Å². The van der Waals surface area contributed by atoms with Gasteiger partial charge in [0.05, 0.1) is 34.1 Å². The highest BCUT2D eigenvalue weighted by Gasteiger charge is 2.20. The molecule has 1 saturated heterocycles. The molecule has 0 spiro atoms. The second kappa shape index (κ2) is 10.9. The number of nitrogens with zero attached hydrogens (tertiary/aromatic N) is 9. The number of sulfone groups is 1. The predicted molar refractivity (Wildman–Crippen MR) is 150 cm³/mol. The van der Waals surface area contributed by atoms with Crippen LogP contribution in [-0.2, 0) is 16.4 Å². The Bertz CT molecular complexity index is 1890. The summed E-state index contributed by atoms with van der Waals surface area (Å²) in [7, 11) is -3.28. The first-order valence-electron chi connectivity index (χ1n) is 13.0. The number of piperazine rings is 1. The third-order valence-corrected chi connectivity index (χ3v) is 8.33. The number of alkyl halides is 2. The van der Waals surface area contributed by atoms with Gasteiger partial charge in [0.15, 0.2) is 9.84 Å². The Morgan fingerprint density at radius 1 is 0.929 bits per heavy atom. The molecule has 1 aliphatic heterocycles. The minimum absolute atomic E-state index is 0.206. The van der Waals surface area contributed by atoms with E-state index in [1.54, 1.807) is 29.0 Å². The van der Waals surface area contributed by atoms with E-state index < -0.39 is 16.4 Å². The van der Waals surface area contributed by atoms with E-state index in [2.05, 4.69) is 31.1 Å². The van der Waals surface area contributed by atoms with Gasteiger partial charge in [0.2, 0.25) is 0 Å². The van der Waals surface area contributed by atoms with Crippen molar-refractivity contribution < 1.29 is 17.2 Å². The molecule has 0 aliphatic carbocycles. The van der Waals surface area contributed by atoms with Crippen LogP contribution < -0.4 is 4.90 Å². The maximum Gasteiger partial charge on any atom is 0.333 e. The Morgan fingerprint density at radius 3 is 2.36 bits per heavy atom. The molecule has 1 fully saturated rings. The van der Waals surface area contributed by atoms with Crippen molar-refractivity contribution in [3.8, 4) is 28.3 Å². The normalized spacial score (nSPS) is 14.5. The highest BCUT2D eigenvalue weighted by molar-refractivity contribution is 7.90. The van der Waals surface area contributed by atoms with Gasteiger partial charge < -0.3 is 4.90 Å². The van der Waals surface area contributed by atoms with E-state index in [4.69, 9.17) is 4.98 Å². The minimum Gasteiger partial charge on any atom is -0.354 e. The van der Waals surface area contributed by atoms with Crippen LogP contribution in [0.4, 0.5) is 14.6 Å². The van der Waals surface area contributed by atoms with Crippen LogP contribution in [0.1, 0.15) is 17.8 Å². The fourth-order valence-electron chi connectivity index (χ4n) is 5.00. The Labute approximate surface area is 240 Å². The lowest BCUT2D eigenvalue weighted by atomic mass is 10.0. The van der Waals surface area contributed by atoms with Crippen LogP contribution in [0, 0.1) is 11.3 Å². The monoisotopic (exact) mass is 589 g/mol. The first-order chi connectivity index (χ1) is 20.2. The van der Waals surface area contributed by atoms with Gasteiger partial charge in [0.1, 0.15) is 11.9 Å². The Balaban J connectivity index is 1.19. The Kier molecular flexibility index (Phi) is 7.13. The van der Waals surface area contributed by atoms with Crippen LogP contribution >= 0.6 is 0 Å². The van der Waals surface area contributed by atoms with E-state index in [1.165, 1.54) is 24.8 Å². The number of nitriles is 1. The first kappa shape index (κ1) is 27.4. The summed E-state index contributed by atoms with van der Waals surface area (Å²) in [5.74, 6) is 0.813. The van der Waals surface area contributed by atoms with E-state index >= 15 is 0 Å². The Hall–Kier alpha value is -4.74. The van der Waals surface area contributed by atoms with E-state index in [0.29, 0.717) is 39.0 Å². The summed E-state index contributed by atoms with van der Waals surface area (Å²) in [5, 5.41) is 17.7. The molecule has 14 heteroatoms. The lowest BCUT2D eigenvalue weighted by molar-refractivity contribution is 0.0566. The van der Waals surface area contributed by atoms with E-state index in [-0.39, 0.29) is 4.90 Å². The van der Waals surface area contributed by atoms with E-state index in [0.717, 1.165) is 49.5 Å². The fraction of sp³-hybridized carbons (Fsp3) is 0.250. The molecule has 0 bridgehead atoms. The largest absolute Gasteiger partial charge is 0.354 e. The topological polar surface area (TPSA) is 125 Å². The van der Waals surface area contributed by atoms with Gasteiger partial charge >= 0.3 is 6.55 Å². The molecule has 11 nitrogen and oxygen atoms in total. The van der Waals surface area contributed by atoms with Gasteiger partial charge in [-0.05, 0) is 30.3 Å². The SMILES string of the molecule is CS(=O)(=O)c1ccc(CN2CCN(c3ccc(-c4cc(-c5cnn(C(F)F)c5)cn5ncc(C#N)c45)cn3)CC2)nc1. The molecule has 0 N–H and O–H groups in total. The molecular formula is C28H25F2N9O2S. The van der Waals surface area contributed by atoms with Crippen molar-refractivity contribution in [3.63, 3.8) is 0 Å². The molecule has 42 heavy (non-hydrogen) atoms. The molecule has 0 amide bonds. The molecule has 0 radical (unpaired) electrons. The summed E-state index contributed by atoms with van der Waals surface area (Å²) in [6.07, 6.45) is 10.1. The van der Waals surface area contributed by atoms with Crippen LogP contribution in [0.3, 0.4) is 0 Å². The van der Waals surface area contributed by atoms with Gasteiger partial charge in [0.25, 0.3) is 0 Å². The fourth-order valence-corrected chi connectivity index (χ4v) is 5.55. The van der Waals surface area contributed by atoms with Crippen molar-refractivity contribution in [1.29, 1.82) is 5.26 Å². The number of pyridine rings is 3. The molecule has 6 rings (SSSR count). The maximum absolute atomic E-state index is 13.1. The molecule has 6 heterocycles. The number of fused-ring (bicyclic) bond motifs is 1. The third-order valence-electron chi connectivity index (χ3n) is 7.23. The number of aromatic nitrogens is 6. The molecule has 0 aromatic carbocycles. The minimum atomic E-state index is -3.28. The van der Waals surface area contributed by atoms with Crippen LogP contribution in [0.5, 0.6) is 0 Å². The Morgan fingerprint density at radius 2 is 1.74 bits per heavy atom. The van der Waals surface area contributed by atoms with Crippen molar-refractivity contribution in [2.75, 3.05) is 37.3 Å². The first-order valence-corrected chi connectivity index (χ1v) is 14.9. The lowest BCUT2D eigenvalue weighted by Gasteiger charge is -2.35. The van der Waals surface area contributed by atoms with Crippen LogP contribution in [0.2, 0.25) is 0 Å². The van der Waals surface area contributed by atoms with Crippen molar-refractivity contribution in [1.82, 2.24) is 34.3 Å². The van der Waals surface area contributed by atoms with Gasteiger partial charge in [-0.1, -0.05) is 0 Å². The molecule has 5 aromatic heterocycles. The maximum atomic E-state index is 13.1. The quantitative estimate of drug-likeness (QED) is 0.280. The van der Waals surface area contributed by atoms with E-state index in [9.17, 15) is 22.5 Å². The van der Waals surface area contributed by atoms with E-state index in [1.807, 2.05) is 18.2 Å². The molecule has 0 unspecified atom stereocenters.